The molecule has 0 radical (unpaired) electrons. The summed E-state index contributed by atoms with van der Waals surface area (Å²) in [4.78, 5) is 15.8. The van der Waals surface area contributed by atoms with E-state index >= 15 is 0 Å². The van der Waals surface area contributed by atoms with Gasteiger partial charge in [-0.2, -0.15) is 9.82 Å². The number of amides is 1. The van der Waals surface area contributed by atoms with Crippen molar-refractivity contribution >= 4 is 26.9 Å². The van der Waals surface area contributed by atoms with Gasteiger partial charge in [-0.3, -0.25) is 9.48 Å². The molecule has 0 aliphatic carbocycles. The lowest BCUT2D eigenvalue weighted by molar-refractivity contribution is -0.134. The molecule has 2 aromatic carbocycles. The molecule has 0 unspecified atom stereocenters. The number of hydrogen-bond acceptors (Lipinski definition) is 6. The predicted molar refractivity (Wildman–Crippen MR) is 159 cm³/mol. The molecule has 2 heterocycles. The van der Waals surface area contributed by atoms with Crippen LogP contribution < -0.4 is 9.46 Å². The molecule has 1 N–H and O–H groups in total. The number of nitrogens with one attached hydrogen (secondary N) is 1. The summed E-state index contributed by atoms with van der Waals surface area (Å²) in [7, 11) is -2.13. The van der Waals surface area contributed by atoms with Crippen molar-refractivity contribution in [1.82, 2.24) is 19.4 Å². The smallest absolute Gasteiger partial charge is 0.241 e. The topological polar surface area (TPSA) is 107 Å². The van der Waals surface area contributed by atoms with E-state index in [2.05, 4.69) is 9.82 Å². The maximum atomic E-state index is 13.9. The third-order valence-electron chi connectivity index (χ3n) is 6.66. The number of furan rings is 1. The average Bonchev–Trinajstić information content (AvgIpc) is 3.51. The Labute approximate surface area is 242 Å². The minimum absolute atomic E-state index is 0.0811. The molecule has 4 rings (SSSR count). The molecule has 0 aliphatic rings. The number of rotatable bonds is 13. The number of nitrogens with zero attached hydrogens (tertiary/aromatic N) is 3. The second kappa shape index (κ2) is 12.9. The second-order valence-electron chi connectivity index (χ2n) is 11.4. The summed E-state index contributed by atoms with van der Waals surface area (Å²) < 4.78 is 42.9. The summed E-state index contributed by atoms with van der Waals surface area (Å²) in [6, 6.07) is 14.8. The van der Waals surface area contributed by atoms with Gasteiger partial charge >= 0.3 is 0 Å². The molecular weight excluding hydrogens is 540 g/mol. The van der Waals surface area contributed by atoms with Gasteiger partial charge in [-0.25, -0.2) is 8.42 Å². The summed E-state index contributed by atoms with van der Waals surface area (Å²) in [5, 5.41) is 5.01. The van der Waals surface area contributed by atoms with E-state index < -0.39 is 16.1 Å². The van der Waals surface area contributed by atoms with Crippen LogP contribution in [0.3, 0.4) is 0 Å². The monoisotopic (exact) mass is 580 g/mol. The number of aromatic nitrogens is 2. The number of carbonyl (C=O) groups is 1. The molecule has 9 nitrogen and oxygen atoms in total. The minimum Gasteiger partial charge on any atom is -0.487 e. The van der Waals surface area contributed by atoms with Crippen molar-refractivity contribution in [2.75, 3.05) is 13.1 Å². The van der Waals surface area contributed by atoms with Gasteiger partial charge < -0.3 is 14.1 Å². The van der Waals surface area contributed by atoms with Crippen molar-refractivity contribution in [3.8, 4) is 5.75 Å². The van der Waals surface area contributed by atoms with Crippen LogP contribution in [-0.2, 0) is 34.9 Å². The molecule has 4 aromatic rings. The van der Waals surface area contributed by atoms with Crippen LogP contribution in [0.2, 0.25) is 0 Å². The Morgan fingerprint density at radius 1 is 1.02 bits per heavy atom. The maximum Gasteiger partial charge on any atom is 0.241 e. The molecule has 0 bridgehead atoms. The normalized spacial score (nSPS) is 12.8. The lowest BCUT2D eigenvalue weighted by Crippen LogP contribution is -2.51. The highest BCUT2D eigenvalue weighted by Crippen LogP contribution is 2.22. The molecule has 0 aliphatic heterocycles. The molecule has 0 saturated carbocycles. The fraction of sp³-hybridized carbons (Fsp3) is 0.419. The first-order valence-corrected chi connectivity index (χ1v) is 15.4. The van der Waals surface area contributed by atoms with Crippen LogP contribution in [0, 0.1) is 18.8 Å². The van der Waals surface area contributed by atoms with Gasteiger partial charge in [-0.15, -0.1) is 0 Å². The van der Waals surface area contributed by atoms with Crippen LogP contribution in [0.1, 0.15) is 44.6 Å². The Morgan fingerprint density at radius 3 is 2.32 bits per heavy atom. The molecule has 220 valence electrons. The van der Waals surface area contributed by atoms with Crippen LogP contribution >= 0.6 is 0 Å². The van der Waals surface area contributed by atoms with E-state index in [-0.39, 0.29) is 29.1 Å². The first kappa shape index (κ1) is 30.3. The molecule has 41 heavy (non-hydrogen) atoms. The van der Waals surface area contributed by atoms with Gasteiger partial charge in [0.05, 0.1) is 22.5 Å². The lowest BCUT2D eigenvalue weighted by atomic mass is 10.0. The zero-order chi connectivity index (χ0) is 29.7. The highest BCUT2D eigenvalue weighted by Gasteiger charge is 2.30. The van der Waals surface area contributed by atoms with E-state index in [9.17, 15) is 13.2 Å². The average molecular weight is 581 g/mol. The SMILES string of the molecule is Cc1cc(COc2ccc(C[C@H](NS(=O)(=O)c3ccc4occc4c3)C(=O)N(CC(C)C)CC(C)C)cc2)n(C)n1. The van der Waals surface area contributed by atoms with E-state index in [4.69, 9.17) is 9.15 Å². The van der Waals surface area contributed by atoms with E-state index in [1.165, 1.54) is 12.3 Å². The number of sulfonamides is 1. The van der Waals surface area contributed by atoms with Crippen LogP contribution in [0.25, 0.3) is 11.0 Å². The molecule has 10 heteroatoms. The Kier molecular flexibility index (Phi) is 9.55. The van der Waals surface area contributed by atoms with Crippen molar-refractivity contribution in [2.24, 2.45) is 18.9 Å². The highest BCUT2D eigenvalue weighted by molar-refractivity contribution is 7.89. The van der Waals surface area contributed by atoms with Crippen molar-refractivity contribution in [3.05, 3.63) is 77.8 Å². The van der Waals surface area contributed by atoms with Crippen molar-refractivity contribution in [1.29, 1.82) is 0 Å². The van der Waals surface area contributed by atoms with E-state index in [1.807, 2.05) is 72.0 Å². The standard InChI is InChI=1S/C31H40N4O5S/c1-21(2)18-35(19-22(3)4)31(36)29(33-41(37,38)28-11-12-30-25(17-28)13-14-39-30)16-24-7-9-27(10-8-24)40-20-26-15-23(5)32-34(26)6/h7-15,17,21-22,29,33H,16,18-20H2,1-6H3/t29-/m0/s1. The van der Waals surface area contributed by atoms with Crippen LogP contribution in [0.4, 0.5) is 0 Å². The minimum atomic E-state index is -4.01. The summed E-state index contributed by atoms with van der Waals surface area (Å²) in [5.41, 5.74) is 3.29. The van der Waals surface area contributed by atoms with E-state index in [1.54, 1.807) is 27.8 Å². The molecule has 1 amide bonds. The van der Waals surface area contributed by atoms with Crippen molar-refractivity contribution in [3.63, 3.8) is 0 Å². The van der Waals surface area contributed by atoms with Gasteiger partial charge in [0.25, 0.3) is 0 Å². The number of carbonyl (C=O) groups excluding carboxylic acids is 1. The number of hydrogen-bond donors (Lipinski definition) is 1. The zero-order valence-electron chi connectivity index (χ0n) is 24.6. The first-order valence-electron chi connectivity index (χ1n) is 13.9. The molecule has 0 saturated heterocycles. The quantitative estimate of drug-likeness (QED) is 0.236. The molecular formula is C31H40N4O5S. The van der Waals surface area contributed by atoms with Gasteiger partial charge in [0.15, 0.2) is 0 Å². The fourth-order valence-corrected chi connectivity index (χ4v) is 6.04. The highest BCUT2D eigenvalue weighted by atomic mass is 32.2. The lowest BCUT2D eigenvalue weighted by Gasteiger charge is -2.30. The van der Waals surface area contributed by atoms with Gasteiger partial charge in [0, 0.05) is 25.5 Å². The molecule has 0 fully saturated rings. The van der Waals surface area contributed by atoms with Crippen LogP contribution in [0.15, 0.2) is 70.2 Å². The summed E-state index contributed by atoms with van der Waals surface area (Å²) in [5.74, 6) is 0.897. The Balaban J connectivity index is 1.56. The third-order valence-corrected chi connectivity index (χ3v) is 8.13. The van der Waals surface area contributed by atoms with Gasteiger partial charge in [-0.05, 0) is 73.2 Å². The predicted octanol–water partition coefficient (Wildman–Crippen LogP) is 5.08. The van der Waals surface area contributed by atoms with Gasteiger partial charge in [0.2, 0.25) is 15.9 Å². The van der Waals surface area contributed by atoms with Crippen molar-refractivity contribution < 1.29 is 22.4 Å². The van der Waals surface area contributed by atoms with Crippen LogP contribution in [0.5, 0.6) is 5.75 Å². The number of fused-ring (bicyclic) bond motifs is 1. The van der Waals surface area contributed by atoms with E-state index in [0.717, 1.165) is 17.0 Å². The zero-order valence-corrected chi connectivity index (χ0v) is 25.4. The number of aryl methyl sites for hydroxylation is 2. The Hall–Kier alpha value is -3.63. The first-order chi connectivity index (χ1) is 19.4. The van der Waals surface area contributed by atoms with Crippen LogP contribution in [-0.4, -0.2) is 48.1 Å². The maximum absolute atomic E-state index is 13.9. The third kappa shape index (κ3) is 7.98. The molecule has 0 spiro atoms. The number of benzene rings is 2. The largest absolute Gasteiger partial charge is 0.487 e. The van der Waals surface area contributed by atoms with Gasteiger partial charge in [0.1, 0.15) is 24.0 Å². The summed E-state index contributed by atoms with van der Waals surface area (Å²) in [6.45, 7) is 11.6. The van der Waals surface area contributed by atoms with Gasteiger partial charge in [-0.1, -0.05) is 39.8 Å². The summed E-state index contributed by atoms with van der Waals surface area (Å²) in [6.07, 6.45) is 1.71. The molecule has 2 aromatic heterocycles. The summed E-state index contributed by atoms with van der Waals surface area (Å²) >= 11 is 0. The Bertz CT molecular complexity index is 1560. The van der Waals surface area contributed by atoms with Crippen molar-refractivity contribution in [2.45, 2.75) is 58.6 Å². The Morgan fingerprint density at radius 2 is 1.71 bits per heavy atom. The second-order valence-corrected chi connectivity index (χ2v) is 13.1. The fourth-order valence-electron chi connectivity index (χ4n) is 4.82. The van der Waals surface area contributed by atoms with E-state index in [0.29, 0.717) is 36.4 Å². The number of ether oxygens (including phenoxy) is 1. The molecule has 1 atom stereocenters.